The van der Waals surface area contributed by atoms with Crippen LogP contribution in [0.5, 0.6) is 0 Å². The smallest absolute Gasteiger partial charge is 0.231 e. The zero-order valence-electron chi connectivity index (χ0n) is 8.55. The number of nitrogens with two attached hydrogens (primary N) is 1. The first kappa shape index (κ1) is 11.7. The van der Waals surface area contributed by atoms with Crippen molar-refractivity contribution in [3.05, 3.63) is 28.4 Å². The quantitative estimate of drug-likeness (QED) is 0.877. The first-order chi connectivity index (χ1) is 8.13. The summed E-state index contributed by atoms with van der Waals surface area (Å²) in [5.74, 6) is 0.120. The second-order valence-corrected chi connectivity index (χ2v) is 4.42. The fourth-order valence-electron chi connectivity index (χ4n) is 1.14. The predicted molar refractivity (Wildman–Crippen MR) is 65.9 cm³/mol. The number of nitrogen functional groups attached to an aromatic ring is 1. The van der Waals surface area contributed by atoms with Crippen LogP contribution >= 0.6 is 22.9 Å². The van der Waals surface area contributed by atoms with Crippen molar-refractivity contribution in [2.45, 2.75) is 6.42 Å². The summed E-state index contributed by atoms with van der Waals surface area (Å²) < 4.78 is 0. The summed E-state index contributed by atoms with van der Waals surface area (Å²) in [4.78, 5) is 15.6. The Bertz CT molecular complexity index is 526. The van der Waals surface area contributed by atoms with Gasteiger partial charge >= 0.3 is 0 Å². The minimum absolute atomic E-state index is 0.151. The summed E-state index contributed by atoms with van der Waals surface area (Å²) in [6.07, 6.45) is 0.151. The third kappa shape index (κ3) is 3.36. The lowest BCUT2D eigenvalue weighted by atomic mass is 10.3. The SMILES string of the molecule is Nc1nc(CC(=O)Nc2ccc(Cl)nn2)cs1. The van der Waals surface area contributed by atoms with Gasteiger partial charge in [-0.1, -0.05) is 11.6 Å². The lowest BCUT2D eigenvalue weighted by Gasteiger charge is -2.01. The van der Waals surface area contributed by atoms with Crippen molar-refractivity contribution in [2.24, 2.45) is 0 Å². The Kier molecular flexibility index (Phi) is 3.50. The molecule has 0 unspecified atom stereocenters. The molecule has 0 aliphatic heterocycles. The monoisotopic (exact) mass is 269 g/mol. The molecule has 2 rings (SSSR count). The van der Waals surface area contributed by atoms with Crippen LogP contribution < -0.4 is 11.1 Å². The molecule has 8 heteroatoms. The van der Waals surface area contributed by atoms with Crippen molar-refractivity contribution in [2.75, 3.05) is 11.1 Å². The molecule has 2 heterocycles. The highest BCUT2D eigenvalue weighted by Gasteiger charge is 2.07. The van der Waals surface area contributed by atoms with Crippen molar-refractivity contribution in [3.8, 4) is 0 Å². The Labute approximate surface area is 106 Å². The third-order valence-electron chi connectivity index (χ3n) is 1.81. The normalized spacial score (nSPS) is 10.2. The Morgan fingerprint density at radius 3 is 2.88 bits per heavy atom. The van der Waals surface area contributed by atoms with Gasteiger partial charge in [0.2, 0.25) is 5.91 Å². The highest BCUT2D eigenvalue weighted by Crippen LogP contribution is 2.12. The van der Waals surface area contributed by atoms with Gasteiger partial charge in [-0.25, -0.2) is 4.98 Å². The number of amides is 1. The Morgan fingerprint density at radius 2 is 2.29 bits per heavy atom. The molecule has 0 fully saturated rings. The van der Waals surface area contributed by atoms with E-state index < -0.39 is 0 Å². The van der Waals surface area contributed by atoms with Crippen molar-refractivity contribution in [1.29, 1.82) is 0 Å². The van der Waals surface area contributed by atoms with E-state index in [9.17, 15) is 4.79 Å². The number of anilines is 2. The number of hydrogen-bond acceptors (Lipinski definition) is 6. The number of nitrogens with one attached hydrogen (secondary N) is 1. The van der Waals surface area contributed by atoms with E-state index in [-0.39, 0.29) is 17.5 Å². The summed E-state index contributed by atoms with van der Waals surface area (Å²) in [5, 5.41) is 12.4. The minimum atomic E-state index is -0.230. The Balaban J connectivity index is 1.95. The number of carbonyl (C=O) groups excluding carboxylic acids is 1. The maximum atomic E-state index is 11.6. The molecule has 17 heavy (non-hydrogen) atoms. The van der Waals surface area contributed by atoms with E-state index in [0.717, 1.165) is 0 Å². The number of halogens is 1. The van der Waals surface area contributed by atoms with Crippen molar-refractivity contribution >= 4 is 39.8 Å². The summed E-state index contributed by atoms with van der Waals surface area (Å²) in [7, 11) is 0. The van der Waals surface area contributed by atoms with Crippen molar-refractivity contribution < 1.29 is 4.79 Å². The average Bonchev–Trinajstić information content (AvgIpc) is 2.67. The van der Waals surface area contributed by atoms with Gasteiger partial charge in [-0.05, 0) is 12.1 Å². The van der Waals surface area contributed by atoms with Gasteiger partial charge in [0.05, 0.1) is 12.1 Å². The fraction of sp³-hybridized carbons (Fsp3) is 0.111. The topological polar surface area (TPSA) is 93.8 Å². The van der Waals surface area contributed by atoms with Crippen LogP contribution in [0.3, 0.4) is 0 Å². The van der Waals surface area contributed by atoms with Gasteiger partial charge in [0, 0.05) is 5.38 Å². The summed E-state index contributed by atoms with van der Waals surface area (Å²) in [6.45, 7) is 0. The molecule has 0 atom stereocenters. The lowest BCUT2D eigenvalue weighted by molar-refractivity contribution is -0.115. The number of hydrogen-bond donors (Lipinski definition) is 2. The molecule has 0 spiro atoms. The molecular formula is C9H8ClN5OS. The predicted octanol–water partition coefficient (Wildman–Crippen LogP) is 1.35. The van der Waals surface area contributed by atoms with Gasteiger partial charge in [-0.15, -0.1) is 21.5 Å². The molecular weight excluding hydrogens is 262 g/mol. The van der Waals surface area contributed by atoms with E-state index in [4.69, 9.17) is 17.3 Å². The zero-order chi connectivity index (χ0) is 12.3. The molecule has 1 amide bonds. The molecule has 0 radical (unpaired) electrons. The van der Waals surface area contributed by atoms with Gasteiger partial charge in [0.25, 0.3) is 0 Å². The number of carbonyl (C=O) groups is 1. The lowest BCUT2D eigenvalue weighted by Crippen LogP contribution is -2.15. The minimum Gasteiger partial charge on any atom is -0.375 e. The van der Waals surface area contributed by atoms with E-state index in [1.807, 2.05) is 0 Å². The van der Waals surface area contributed by atoms with Gasteiger partial charge in [-0.2, -0.15) is 0 Å². The van der Waals surface area contributed by atoms with E-state index in [1.165, 1.54) is 11.3 Å². The van der Waals surface area contributed by atoms with Crippen LogP contribution in [0.15, 0.2) is 17.5 Å². The number of nitrogens with zero attached hydrogens (tertiary/aromatic N) is 3. The molecule has 0 aromatic carbocycles. The van der Waals surface area contributed by atoms with Crippen LogP contribution in [0, 0.1) is 0 Å². The molecule has 0 aliphatic carbocycles. The maximum Gasteiger partial charge on any atom is 0.231 e. The van der Waals surface area contributed by atoms with E-state index in [0.29, 0.717) is 16.6 Å². The summed E-state index contributed by atoms with van der Waals surface area (Å²) in [5.41, 5.74) is 6.09. The van der Waals surface area contributed by atoms with Gasteiger partial charge in [0.15, 0.2) is 16.1 Å². The van der Waals surface area contributed by atoms with Gasteiger partial charge < -0.3 is 11.1 Å². The molecule has 6 nitrogen and oxygen atoms in total. The molecule has 2 aromatic heterocycles. The van der Waals surface area contributed by atoms with E-state index in [2.05, 4.69) is 20.5 Å². The highest BCUT2D eigenvalue weighted by molar-refractivity contribution is 7.13. The maximum absolute atomic E-state index is 11.6. The Morgan fingerprint density at radius 1 is 1.47 bits per heavy atom. The molecule has 0 aliphatic rings. The van der Waals surface area contributed by atoms with Crippen LogP contribution in [0.1, 0.15) is 5.69 Å². The number of thiazole rings is 1. The van der Waals surface area contributed by atoms with Crippen molar-refractivity contribution in [3.63, 3.8) is 0 Å². The average molecular weight is 270 g/mol. The summed E-state index contributed by atoms with van der Waals surface area (Å²) >= 11 is 6.87. The third-order valence-corrected chi connectivity index (χ3v) is 2.73. The van der Waals surface area contributed by atoms with E-state index in [1.54, 1.807) is 17.5 Å². The van der Waals surface area contributed by atoms with Crippen molar-refractivity contribution in [1.82, 2.24) is 15.2 Å². The molecule has 0 saturated heterocycles. The zero-order valence-corrected chi connectivity index (χ0v) is 10.1. The highest BCUT2D eigenvalue weighted by atomic mass is 35.5. The number of rotatable bonds is 3. The molecule has 2 aromatic rings. The first-order valence-corrected chi connectivity index (χ1v) is 5.88. The molecule has 0 bridgehead atoms. The van der Waals surface area contributed by atoms with Gasteiger partial charge in [-0.3, -0.25) is 4.79 Å². The largest absolute Gasteiger partial charge is 0.375 e. The Hall–Kier alpha value is -1.73. The van der Waals surface area contributed by atoms with Crippen LogP contribution in [0.25, 0.3) is 0 Å². The van der Waals surface area contributed by atoms with E-state index >= 15 is 0 Å². The standard InChI is InChI=1S/C9H8ClN5OS/c10-6-1-2-7(15-14-6)13-8(16)3-5-4-17-9(11)12-5/h1-2,4H,3H2,(H2,11,12)(H,13,15,16). The fourth-order valence-corrected chi connectivity index (χ4v) is 1.80. The van der Waals surface area contributed by atoms with Crippen LogP contribution in [0.4, 0.5) is 10.9 Å². The van der Waals surface area contributed by atoms with Crippen LogP contribution in [0.2, 0.25) is 5.15 Å². The second kappa shape index (κ2) is 5.07. The first-order valence-electron chi connectivity index (χ1n) is 4.62. The van der Waals surface area contributed by atoms with Crippen LogP contribution in [-0.2, 0) is 11.2 Å². The van der Waals surface area contributed by atoms with Gasteiger partial charge in [0.1, 0.15) is 0 Å². The molecule has 0 saturated carbocycles. The van der Waals surface area contributed by atoms with Crippen LogP contribution in [-0.4, -0.2) is 21.1 Å². The second-order valence-electron chi connectivity index (χ2n) is 3.14. The molecule has 3 N–H and O–H groups in total. The summed E-state index contributed by atoms with van der Waals surface area (Å²) in [6, 6.07) is 3.12. The molecule has 88 valence electrons. The number of aromatic nitrogens is 3.